The molecule has 2 atom stereocenters. The summed E-state index contributed by atoms with van der Waals surface area (Å²) in [6, 6.07) is 0. The highest BCUT2D eigenvalue weighted by molar-refractivity contribution is 5.17. The van der Waals surface area contributed by atoms with Crippen molar-refractivity contribution in [2.45, 2.75) is 45.6 Å². The molecular weight excluding hydrogens is 196 g/mol. The van der Waals surface area contributed by atoms with E-state index in [1.54, 1.807) is 0 Å². The fourth-order valence-electron chi connectivity index (χ4n) is 2.05. The molecule has 0 aromatic carbocycles. The highest BCUT2D eigenvalue weighted by Gasteiger charge is 2.18. The smallest absolute Gasteiger partial charge is 0.0753 e. The first-order chi connectivity index (χ1) is 7.50. The van der Waals surface area contributed by atoms with E-state index >= 15 is 0 Å². The molecule has 1 heteroatoms. The standard InChI is InChI=1S/C15H24O/c1-11(2)14-9-8-12(3)6-5-7-13(4)15(16)10-14/h8-9,11,14-16H,3-7,10H2,1-2H3/t14-,15-/m0/s1. The Bertz CT molecular complexity index is 286. The summed E-state index contributed by atoms with van der Waals surface area (Å²) in [6.07, 6.45) is 7.75. The van der Waals surface area contributed by atoms with E-state index in [-0.39, 0.29) is 6.10 Å². The van der Waals surface area contributed by atoms with Crippen LogP contribution in [0.25, 0.3) is 0 Å². The fourth-order valence-corrected chi connectivity index (χ4v) is 2.05. The van der Waals surface area contributed by atoms with E-state index in [0.717, 1.165) is 31.3 Å². The van der Waals surface area contributed by atoms with E-state index < -0.39 is 0 Å². The fraction of sp³-hybridized carbons (Fsp3) is 0.600. The lowest BCUT2D eigenvalue weighted by Gasteiger charge is -2.23. The van der Waals surface area contributed by atoms with Crippen LogP contribution in [0.1, 0.15) is 39.5 Å². The summed E-state index contributed by atoms with van der Waals surface area (Å²) in [4.78, 5) is 0. The monoisotopic (exact) mass is 220 g/mol. The molecule has 0 saturated heterocycles. The van der Waals surface area contributed by atoms with Crippen LogP contribution in [0.5, 0.6) is 0 Å². The number of aliphatic hydroxyl groups is 1. The predicted octanol–water partition coefficient (Wildman–Crippen LogP) is 3.86. The van der Waals surface area contributed by atoms with Crippen LogP contribution in [0.4, 0.5) is 0 Å². The summed E-state index contributed by atoms with van der Waals surface area (Å²) in [6.45, 7) is 12.4. The van der Waals surface area contributed by atoms with Gasteiger partial charge in [0, 0.05) is 0 Å². The van der Waals surface area contributed by atoms with Crippen molar-refractivity contribution < 1.29 is 5.11 Å². The second kappa shape index (κ2) is 6.05. The molecule has 0 spiro atoms. The van der Waals surface area contributed by atoms with E-state index in [2.05, 4.69) is 39.2 Å². The van der Waals surface area contributed by atoms with Crippen LogP contribution in [0.3, 0.4) is 0 Å². The van der Waals surface area contributed by atoms with Gasteiger partial charge in [0.1, 0.15) is 0 Å². The normalized spacial score (nSPS) is 28.5. The average molecular weight is 220 g/mol. The molecule has 1 aliphatic carbocycles. The van der Waals surface area contributed by atoms with Gasteiger partial charge in [0.15, 0.2) is 0 Å². The molecule has 0 bridgehead atoms. The molecule has 0 fully saturated rings. The summed E-state index contributed by atoms with van der Waals surface area (Å²) < 4.78 is 0. The molecule has 1 N–H and O–H groups in total. The number of hydrogen-bond acceptors (Lipinski definition) is 1. The van der Waals surface area contributed by atoms with Crippen molar-refractivity contribution in [3.63, 3.8) is 0 Å². The first-order valence-corrected chi connectivity index (χ1v) is 6.22. The van der Waals surface area contributed by atoms with Crippen molar-refractivity contribution in [3.8, 4) is 0 Å². The van der Waals surface area contributed by atoms with Crippen molar-refractivity contribution in [1.82, 2.24) is 0 Å². The third kappa shape index (κ3) is 3.97. The van der Waals surface area contributed by atoms with Crippen LogP contribution in [0, 0.1) is 11.8 Å². The van der Waals surface area contributed by atoms with E-state index in [4.69, 9.17) is 0 Å². The zero-order chi connectivity index (χ0) is 12.1. The molecule has 1 nitrogen and oxygen atoms in total. The maximum absolute atomic E-state index is 10.0. The highest BCUT2D eigenvalue weighted by atomic mass is 16.3. The Labute approximate surface area is 99.6 Å². The van der Waals surface area contributed by atoms with Gasteiger partial charge >= 0.3 is 0 Å². The summed E-state index contributed by atoms with van der Waals surface area (Å²) >= 11 is 0. The van der Waals surface area contributed by atoms with Crippen LogP contribution in [-0.4, -0.2) is 11.2 Å². The summed E-state index contributed by atoms with van der Waals surface area (Å²) in [5.41, 5.74) is 2.17. The second-order valence-corrected chi connectivity index (χ2v) is 5.19. The summed E-state index contributed by atoms with van der Waals surface area (Å²) in [7, 11) is 0. The Morgan fingerprint density at radius 3 is 2.62 bits per heavy atom. The minimum atomic E-state index is -0.344. The lowest BCUT2D eigenvalue weighted by Crippen LogP contribution is -2.18. The number of hydrogen-bond donors (Lipinski definition) is 1. The average Bonchev–Trinajstić information content (AvgIpc) is 2.22. The van der Waals surface area contributed by atoms with Crippen molar-refractivity contribution in [3.05, 3.63) is 36.5 Å². The quantitative estimate of drug-likeness (QED) is 0.665. The Hall–Kier alpha value is -0.820. The van der Waals surface area contributed by atoms with Gasteiger partial charge in [-0.2, -0.15) is 0 Å². The van der Waals surface area contributed by atoms with Crippen LogP contribution in [0.2, 0.25) is 0 Å². The van der Waals surface area contributed by atoms with Gasteiger partial charge in [0.25, 0.3) is 0 Å². The van der Waals surface area contributed by atoms with Gasteiger partial charge in [0.2, 0.25) is 0 Å². The molecule has 0 radical (unpaired) electrons. The first-order valence-electron chi connectivity index (χ1n) is 6.22. The molecule has 0 unspecified atom stereocenters. The minimum Gasteiger partial charge on any atom is -0.389 e. The Kier molecular flexibility index (Phi) is 5.01. The minimum absolute atomic E-state index is 0.344. The van der Waals surface area contributed by atoms with Gasteiger partial charge in [-0.1, -0.05) is 44.7 Å². The van der Waals surface area contributed by atoms with Crippen LogP contribution < -0.4 is 0 Å². The largest absolute Gasteiger partial charge is 0.389 e. The van der Waals surface area contributed by atoms with Crippen molar-refractivity contribution >= 4 is 0 Å². The number of aliphatic hydroxyl groups excluding tert-OH is 1. The highest BCUT2D eigenvalue weighted by Crippen LogP contribution is 2.26. The first kappa shape index (κ1) is 13.2. The molecule has 0 heterocycles. The zero-order valence-electron chi connectivity index (χ0n) is 10.6. The third-order valence-electron chi connectivity index (χ3n) is 3.40. The second-order valence-electron chi connectivity index (χ2n) is 5.19. The Morgan fingerprint density at radius 1 is 1.31 bits per heavy atom. The molecule has 1 rings (SSSR count). The summed E-state index contributed by atoms with van der Waals surface area (Å²) in [5, 5.41) is 10.0. The van der Waals surface area contributed by atoms with Gasteiger partial charge in [-0.25, -0.2) is 0 Å². The maximum Gasteiger partial charge on any atom is 0.0753 e. The number of allylic oxidation sites excluding steroid dienone is 3. The molecule has 0 aliphatic heterocycles. The maximum atomic E-state index is 10.0. The lowest BCUT2D eigenvalue weighted by atomic mass is 9.85. The summed E-state index contributed by atoms with van der Waals surface area (Å²) in [5.74, 6) is 0.965. The topological polar surface area (TPSA) is 20.2 Å². The van der Waals surface area contributed by atoms with E-state index in [1.165, 1.54) is 5.57 Å². The Balaban J connectivity index is 2.79. The molecule has 16 heavy (non-hydrogen) atoms. The van der Waals surface area contributed by atoms with Crippen LogP contribution in [-0.2, 0) is 0 Å². The van der Waals surface area contributed by atoms with Crippen molar-refractivity contribution in [2.24, 2.45) is 11.8 Å². The van der Waals surface area contributed by atoms with E-state index in [0.29, 0.717) is 11.8 Å². The van der Waals surface area contributed by atoms with Gasteiger partial charge in [-0.05, 0) is 43.1 Å². The Morgan fingerprint density at radius 2 is 2.00 bits per heavy atom. The van der Waals surface area contributed by atoms with Crippen molar-refractivity contribution in [1.29, 1.82) is 0 Å². The molecule has 0 saturated carbocycles. The van der Waals surface area contributed by atoms with Gasteiger partial charge in [-0.3, -0.25) is 0 Å². The molecule has 0 amide bonds. The van der Waals surface area contributed by atoms with Crippen molar-refractivity contribution in [2.75, 3.05) is 0 Å². The predicted molar refractivity (Wildman–Crippen MR) is 70.2 cm³/mol. The third-order valence-corrected chi connectivity index (χ3v) is 3.40. The number of rotatable bonds is 1. The molecule has 0 aromatic heterocycles. The van der Waals surface area contributed by atoms with E-state index in [1.807, 2.05) is 0 Å². The van der Waals surface area contributed by atoms with Crippen LogP contribution in [0.15, 0.2) is 36.5 Å². The van der Waals surface area contributed by atoms with Gasteiger partial charge in [0.05, 0.1) is 6.10 Å². The SMILES string of the molecule is C=C1C=C[C@H](C(C)C)C[C@H](O)C(=C)CCC1. The zero-order valence-corrected chi connectivity index (χ0v) is 10.6. The van der Waals surface area contributed by atoms with Gasteiger partial charge < -0.3 is 5.11 Å². The molecular formula is C15H24O. The van der Waals surface area contributed by atoms with Crippen LogP contribution >= 0.6 is 0 Å². The molecule has 90 valence electrons. The lowest BCUT2D eigenvalue weighted by molar-refractivity contribution is 0.170. The molecule has 1 aliphatic rings. The van der Waals surface area contributed by atoms with Gasteiger partial charge in [-0.15, -0.1) is 0 Å². The molecule has 0 aromatic rings. The van der Waals surface area contributed by atoms with E-state index in [9.17, 15) is 5.11 Å².